The third kappa shape index (κ3) is 3.04. The van der Waals surface area contributed by atoms with E-state index < -0.39 is 0 Å². The van der Waals surface area contributed by atoms with Crippen LogP contribution < -0.4 is 9.47 Å². The van der Waals surface area contributed by atoms with Gasteiger partial charge in [-0.1, -0.05) is 36.1 Å². The molecule has 0 N–H and O–H groups in total. The maximum atomic E-state index is 6.11. The molecule has 1 aliphatic heterocycles. The zero-order valence-electron chi connectivity index (χ0n) is 17.0. The fraction of sp³-hybridized carbons (Fsp3) is 0.143. The minimum absolute atomic E-state index is 0.514. The molecule has 0 aromatic heterocycles. The van der Waals surface area contributed by atoms with Crippen LogP contribution in [0.5, 0.6) is 11.5 Å². The lowest BCUT2D eigenvalue weighted by Crippen LogP contribution is -2.12. The summed E-state index contributed by atoms with van der Waals surface area (Å²) < 4.78 is 12.2. The van der Waals surface area contributed by atoms with Gasteiger partial charge in [0.15, 0.2) is 0 Å². The Hall–Kier alpha value is -3.88. The quantitative estimate of drug-likeness (QED) is 0.335. The van der Waals surface area contributed by atoms with Crippen molar-refractivity contribution in [2.45, 2.75) is 13.8 Å². The summed E-state index contributed by atoms with van der Waals surface area (Å²) in [7, 11) is 0. The summed E-state index contributed by atoms with van der Waals surface area (Å²) in [6.07, 6.45) is 0. The van der Waals surface area contributed by atoms with E-state index in [9.17, 15) is 0 Å². The number of fused-ring (bicyclic) bond motifs is 7. The van der Waals surface area contributed by atoms with E-state index in [0.29, 0.717) is 13.2 Å². The summed E-state index contributed by atoms with van der Waals surface area (Å²) in [5, 5.41) is 4.53. The minimum atomic E-state index is 0.514. The van der Waals surface area contributed by atoms with E-state index in [0.717, 1.165) is 55.3 Å². The molecule has 5 rings (SSSR count). The summed E-state index contributed by atoms with van der Waals surface area (Å²) >= 11 is 0. The van der Waals surface area contributed by atoms with Gasteiger partial charge in [-0.25, -0.2) is 0 Å². The fourth-order valence-electron chi connectivity index (χ4n) is 4.12. The zero-order chi connectivity index (χ0) is 20.5. The van der Waals surface area contributed by atoms with Crippen LogP contribution in [-0.4, -0.2) is 13.2 Å². The summed E-state index contributed by atoms with van der Waals surface area (Å²) in [6.45, 7) is 4.74. The first-order chi connectivity index (χ1) is 14.8. The standard InChI is InChI=1S/C28H20O2/c1-3-5-19-7-11-23-21(17-19)9-13-25-27(23)28-24-12-8-20(6-4-2)18-22(24)10-14-26(28)30-16-15-29-25/h7-14,17-18H,15-16H2,1-2H3. The van der Waals surface area contributed by atoms with Gasteiger partial charge in [0.2, 0.25) is 0 Å². The molecule has 2 heteroatoms. The summed E-state index contributed by atoms with van der Waals surface area (Å²) in [5.74, 6) is 14.0. The monoisotopic (exact) mass is 388 g/mol. The third-order valence-corrected chi connectivity index (χ3v) is 5.35. The van der Waals surface area contributed by atoms with Crippen molar-refractivity contribution in [3.05, 3.63) is 71.8 Å². The Morgan fingerprint density at radius 1 is 0.600 bits per heavy atom. The lowest BCUT2D eigenvalue weighted by molar-refractivity contribution is 0.215. The Kier molecular flexibility index (Phi) is 4.55. The number of ether oxygens (including phenoxy) is 2. The van der Waals surface area contributed by atoms with Crippen LogP contribution in [0.2, 0.25) is 0 Å². The number of benzene rings is 4. The van der Waals surface area contributed by atoms with E-state index in [1.54, 1.807) is 0 Å². The van der Waals surface area contributed by atoms with Crippen LogP contribution in [0.3, 0.4) is 0 Å². The number of rotatable bonds is 0. The van der Waals surface area contributed by atoms with Crippen molar-refractivity contribution in [3.8, 4) is 46.3 Å². The van der Waals surface area contributed by atoms with Crippen LogP contribution >= 0.6 is 0 Å². The molecule has 1 heterocycles. The average Bonchev–Trinajstić information content (AvgIpc) is 2.75. The summed E-state index contributed by atoms with van der Waals surface area (Å²) in [5.41, 5.74) is 4.15. The Morgan fingerprint density at radius 2 is 1.07 bits per heavy atom. The summed E-state index contributed by atoms with van der Waals surface area (Å²) in [4.78, 5) is 0. The minimum Gasteiger partial charge on any atom is -0.489 e. The van der Waals surface area contributed by atoms with Crippen LogP contribution in [0.15, 0.2) is 60.7 Å². The van der Waals surface area contributed by atoms with Crippen molar-refractivity contribution < 1.29 is 9.47 Å². The molecule has 0 radical (unpaired) electrons. The van der Waals surface area contributed by atoms with Gasteiger partial charge in [-0.05, 0) is 71.8 Å². The molecule has 0 aliphatic carbocycles. The molecule has 2 nitrogen and oxygen atoms in total. The van der Waals surface area contributed by atoms with Gasteiger partial charge >= 0.3 is 0 Å². The van der Waals surface area contributed by atoms with E-state index in [2.05, 4.69) is 84.3 Å². The van der Waals surface area contributed by atoms with E-state index in [1.165, 1.54) is 0 Å². The molecule has 0 saturated heterocycles. The molecule has 0 fully saturated rings. The molecule has 0 unspecified atom stereocenters. The maximum absolute atomic E-state index is 6.11. The molecular formula is C28H20O2. The van der Waals surface area contributed by atoms with Crippen LogP contribution in [0.25, 0.3) is 32.7 Å². The van der Waals surface area contributed by atoms with Crippen molar-refractivity contribution in [3.63, 3.8) is 0 Å². The predicted molar refractivity (Wildman–Crippen MR) is 123 cm³/mol. The maximum Gasteiger partial charge on any atom is 0.128 e. The largest absolute Gasteiger partial charge is 0.489 e. The first kappa shape index (κ1) is 18.2. The van der Waals surface area contributed by atoms with Crippen molar-refractivity contribution in [1.82, 2.24) is 0 Å². The summed E-state index contributed by atoms with van der Waals surface area (Å²) in [6, 6.07) is 21.0. The lowest BCUT2D eigenvalue weighted by Gasteiger charge is -2.22. The van der Waals surface area contributed by atoms with Crippen molar-refractivity contribution >= 4 is 21.5 Å². The highest BCUT2D eigenvalue weighted by molar-refractivity contribution is 6.10. The molecule has 144 valence electrons. The van der Waals surface area contributed by atoms with E-state index in [1.807, 2.05) is 13.8 Å². The number of hydrogen-bond donors (Lipinski definition) is 0. The van der Waals surface area contributed by atoms with E-state index in [-0.39, 0.29) is 0 Å². The van der Waals surface area contributed by atoms with Crippen LogP contribution in [0, 0.1) is 23.7 Å². The molecule has 0 atom stereocenters. The molecule has 4 aromatic rings. The highest BCUT2D eigenvalue weighted by Crippen LogP contribution is 2.46. The second kappa shape index (κ2) is 7.51. The molecule has 0 bridgehead atoms. The smallest absolute Gasteiger partial charge is 0.128 e. The lowest BCUT2D eigenvalue weighted by atomic mass is 9.91. The highest BCUT2D eigenvalue weighted by atomic mass is 16.5. The first-order valence-electron chi connectivity index (χ1n) is 10.0. The van der Waals surface area contributed by atoms with Gasteiger partial charge in [-0.15, -0.1) is 11.8 Å². The van der Waals surface area contributed by atoms with Gasteiger partial charge < -0.3 is 9.47 Å². The van der Waals surface area contributed by atoms with Crippen LogP contribution in [0.4, 0.5) is 0 Å². The van der Waals surface area contributed by atoms with Gasteiger partial charge in [0, 0.05) is 22.3 Å². The molecule has 4 aromatic carbocycles. The Morgan fingerprint density at radius 3 is 1.50 bits per heavy atom. The van der Waals surface area contributed by atoms with Crippen LogP contribution in [-0.2, 0) is 0 Å². The Labute approximate surface area is 176 Å². The van der Waals surface area contributed by atoms with Crippen LogP contribution in [0.1, 0.15) is 25.0 Å². The van der Waals surface area contributed by atoms with Gasteiger partial charge in [-0.2, -0.15) is 0 Å². The third-order valence-electron chi connectivity index (χ3n) is 5.35. The Bertz CT molecular complexity index is 1310. The van der Waals surface area contributed by atoms with E-state index >= 15 is 0 Å². The highest BCUT2D eigenvalue weighted by Gasteiger charge is 2.21. The average molecular weight is 388 g/mol. The normalized spacial score (nSPS) is 12.1. The van der Waals surface area contributed by atoms with E-state index in [4.69, 9.17) is 9.47 Å². The van der Waals surface area contributed by atoms with Gasteiger partial charge in [-0.3, -0.25) is 0 Å². The molecule has 0 spiro atoms. The number of hydrogen-bond acceptors (Lipinski definition) is 2. The van der Waals surface area contributed by atoms with Crippen molar-refractivity contribution in [2.24, 2.45) is 0 Å². The molecule has 30 heavy (non-hydrogen) atoms. The molecular weight excluding hydrogens is 368 g/mol. The zero-order valence-corrected chi connectivity index (χ0v) is 17.0. The predicted octanol–water partition coefficient (Wildman–Crippen LogP) is 6.17. The SMILES string of the molecule is CC#Cc1ccc2c3c(ccc2c1)OCCOc1ccc2cc(C#CC)ccc2c1-3. The second-order valence-electron chi connectivity index (χ2n) is 7.20. The van der Waals surface area contributed by atoms with Crippen molar-refractivity contribution in [1.29, 1.82) is 0 Å². The first-order valence-corrected chi connectivity index (χ1v) is 10.0. The van der Waals surface area contributed by atoms with Gasteiger partial charge in [0.1, 0.15) is 24.7 Å². The molecule has 1 aliphatic rings. The molecule has 0 saturated carbocycles. The Balaban J connectivity index is 1.87. The topological polar surface area (TPSA) is 18.5 Å². The van der Waals surface area contributed by atoms with Gasteiger partial charge in [0.05, 0.1) is 0 Å². The molecule has 0 amide bonds. The fourth-order valence-corrected chi connectivity index (χ4v) is 4.12. The van der Waals surface area contributed by atoms with Gasteiger partial charge in [0.25, 0.3) is 0 Å². The second-order valence-corrected chi connectivity index (χ2v) is 7.20. The van der Waals surface area contributed by atoms with Crippen molar-refractivity contribution in [2.75, 3.05) is 13.2 Å².